The number of rotatable bonds is 5. The highest BCUT2D eigenvalue weighted by Gasteiger charge is 2.17. The predicted octanol–water partition coefficient (Wildman–Crippen LogP) is 4.08. The van der Waals surface area contributed by atoms with Crippen LogP contribution in [0.1, 0.15) is 22.7 Å². The van der Waals surface area contributed by atoms with Crippen molar-refractivity contribution < 1.29 is 9.47 Å². The van der Waals surface area contributed by atoms with Crippen molar-refractivity contribution in [3.8, 4) is 11.5 Å². The number of nitrogens with one attached hydrogen (secondary N) is 1. The molecule has 1 unspecified atom stereocenters. The van der Waals surface area contributed by atoms with Crippen LogP contribution >= 0.6 is 15.9 Å². The summed E-state index contributed by atoms with van der Waals surface area (Å²) in [5, 5.41) is 3.37. The number of aryl methyl sites for hydroxylation is 1. The van der Waals surface area contributed by atoms with Gasteiger partial charge in [-0.2, -0.15) is 0 Å². The molecule has 0 heterocycles. The Morgan fingerprint density at radius 3 is 2.10 bits per heavy atom. The van der Waals surface area contributed by atoms with Crippen molar-refractivity contribution in [2.75, 3.05) is 21.3 Å². The van der Waals surface area contributed by atoms with Gasteiger partial charge in [0.25, 0.3) is 0 Å². The van der Waals surface area contributed by atoms with Gasteiger partial charge in [0, 0.05) is 4.47 Å². The first-order chi connectivity index (χ1) is 10.1. The molecule has 3 nitrogen and oxygen atoms in total. The van der Waals surface area contributed by atoms with E-state index in [1.807, 2.05) is 19.2 Å². The van der Waals surface area contributed by atoms with E-state index < -0.39 is 0 Å². The molecule has 21 heavy (non-hydrogen) atoms. The minimum absolute atomic E-state index is 0.109. The Morgan fingerprint density at radius 1 is 1.00 bits per heavy atom. The van der Waals surface area contributed by atoms with Crippen LogP contribution in [-0.2, 0) is 0 Å². The summed E-state index contributed by atoms with van der Waals surface area (Å²) in [6.45, 7) is 2.08. The van der Waals surface area contributed by atoms with E-state index in [4.69, 9.17) is 9.47 Å². The zero-order valence-corrected chi connectivity index (χ0v) is 14.3. The van der Waals surface area contributed by atoms with Crippen LogP contribution in [0.5, 0.6) is 11.5 Å². The van der Waals surface area contributed by atoms with Crippen molar-refractivity contribution in [3.05, 3.63) is 57.6 Å². The number of methoxy groups -OCH3 is 2. The molecule has 2 aromatic carbocycles. The Bertz CT molecular complexity index is 611. The topological polar surface area (TPSA) is 30.5 Å². The molecule has 1 atom stereocenters. The van der Waals surface area contributed by atoms with Gasteiger partial charge in [-0.3, -0.25) is 0 Å². The summed E-state index contributed by atoms with van der Waals surface area (Å²) in [5.41, 5.74) is 3.54. The zero-order chi connectivity index (χ0) is 15.4. The minimum atomic E-state index is 0.109. The molecule has 0 aliphatic carbocycles. The Morgan fingerprint density at radius 2 is 1.57 bits per heavy atom. The SMILES string of the molecule is CNC(c1ccc(Br)cc1)c1cc(OC)c(OC)cc1C. The lowest BCUT2D eigenvalue weighted by molar-refractivity contribution is 0.354. The van der Waals surface area contributed by atoms with Gasteiger partial charge in [0.2, 0.25) is 0 Å². The number of ether oxygens (including phenoxy) is 2. The summed E-state index contributed by atoms with van der Waals surface area (Å²) < 4.78 is 11.9. The van der Waals surface area contributed by atoms with E-state index >= 15 is 0 Å². The third kappa shape index (κ3) is 3.39. The van der Waals surface area contributed by atoms with E-state index in [1.54, 1.807) is 14.2 Å². The average Bonchev–Trinajstić information content (AvgIpc) is 2.50. The predicted molar refractivity (Wildman–Crippen MR) is 89.3 cm³/mol. The van der Waals surface area contributed by atoms with Gasteiger partial charge in [0.15, 0.2) is 11.5 Å². The molecule has 0 aromatic heterocycles. The molecule has 0 spiro atoms. The maximum atomic E-state index is 5.42. The summed E-state index contributed by atoms with van der Waals surface area (Å²) >= 11 is 3.47. The van der Waals surface area contributed by atoms with Crippen LogP contribution in [0.15, 0.2) is 40.9 Å². The van der Waals surface area contributed by atoms with Crippen LogP contribution in [0.25, 0.3) is 0 Å². The number of halogens is 1. The number of hydrogen-bond acceptors (Lipinski definition) is 3. The largest absolute Gasteiger partial charge is 0.493 e. The summed E-state index contributed by atoms with van der Waals surface area (Å²) in [5.74, 6) is 1.50. The molecule has 0 bridgehead atoms. The fourth-order valence-corrected chi connectivity index (χ4v) is 2.73. The second kappa shape index (κ2) is 6.96. The summed E-state index contributed by atoms with van der Waals surface area (Å²) in [6, 6.07) is 12.5. The first-order valence-electron chi connectivity index (χ1n) is 6.76. The molecular weight excluding hydrogens is 330 g/mol. The molecule has 2 rings (SSSR count). The van der Waals surface area contributed by atoms with Crippen molar-refractivity contribution in [1.82, 2.24) is 5.32 Å². The Balaban J connectivity index is 2.49. The van der Waals surface area contributed by atoms with E-state index in [0.29, 0.717) is 0 Å². The lowest BCUT2D eigenvalue weighted by atomic mass is 9.94. The van der Waals surface area contributed by atoms with E-state index in [0.717, 1.165) is 21.5 Å². The van der Waals surface area contributed by atoms with E-state index in [2.05, 4.69) is 52.4 Å². The van der Waals surface area contributed by atoms with Crippen LogP contribution in [0.3, 0.4) is 0 Å². The van der Waals surface area contributed by atoms with E-state index in [1.165, 1.54) is 11.1 Å². The minimum Gasteiger partial charge on any atom is -0.493 e. The van der Waals surface area contributed by atoms with Gasteiger partial charge in [-0.05, 0) is 54.9 Å². The second-order valence-electron chi connectivity index (χ2n) is 4.84. The first kappa shape index (κ1) is 15.9. The van der Waals surface area contributed by atoms with Crippen LogP contribution in [-0.4, -0.2) is 21.3 Å². The molecule has 0 fully saturated rings. The molecule has 0 aliphatic heterocycles. The van der Waals surface area contributed by atoms with E-state index in [9.17, 15) is 0 Å². The second-order valence-corrected chi connectivity index (χ2v) is 5.75. The molecule has 0 aliphatic rings. The Labute approximate surface area is 134 Å². The summed E-state index contributed by atoms with van der Waals surface area (Å²) in [6.07, 6.45) is 0. The standard InChI is InChI=1S/C17H20BrNO2/c1-11-9-15(20-3)16(21-4)10-14(11)17(19-2)12-5-7-13(18)8-6-12/h5-10,17,19H,1-4H3. The van der Waals surface area contributed by atoms with Crippen molar-refractivity contribution >= 4 is 15.9 Å². The molecule has 0 amide bonds. The molecule has 2 aromatic rings. The smallest absolute Gasteiger partial charge is 0.161 e. The fourth-order valence-electron chi connectivity index (χ4n) is 2.46. The lowest BCUT2D eigenvalue weighted by Crippen LogP contribution is -2.18. The van der Waals surface area contributed by atoms with Crippen molar-refractivity contribution in [2.45, 2.75) is 13.0 Å². The molecule has 1 N–H and O–H groups in total. The van der Waals surface area contributed by atoms with Crippen LogP contribution in [0, 0.1) is 6.92 Å². The van der Waals surface area contributed by atoms with Crippen molar-refractivity contribution in [3.63, 3.8) is 0 Å². The van der Waals surface area contributed by atoms with Crippen LogP contribution in [0.2, 0.25) is 0 Å². The molecule has 4 heteroatoms. The Kier molecular flexibility index (Phi) is 5.26. The van der Waals surface area contributed by atoms with Gasteiger partial charge in [-0.25, -0.2) is 0 Å². The van der Waals surface area contributed by atoms with Gasteiger partial charge in [0.05, 0.1) is 20.3 Å². The Hall–Kier alpha value is -1.52. The lowest BCUT2D eigenvalue weighted by Gasteiger charge is -2.21. The van der Waals surface area contributed by atoms with Gasteiger partial charge in [0.1, 0.15) is 0 Å². The normalized spacial score (nSPS) is 12.0. The van der Waals surface area contributed by atoms with Gasteiger partial charge < -0.3 is 14.8 Å². The van der Waals surface area contributed by atoms with Gasteiger partial charge in [-0.1, -0.05) is 28.1 Å². The summed E-state index contributed by atoms with van der Waals surface area (Å²) in [7, 11) is 5.27. The number of hydrogen-bond donors (Lipinski definition) is 1. The zero-order valence-electron chi connectivity index (χ0n) is 12.7. The highest BCUT2D eigenvalue weighted by atomic mass is 79.9. The van der Waals surface area contributed by atoms with Crippen molar-refractivity contribution in [1.29, 1.82) is 0 Å². The van der Waals surface area contributed by atoms with Gasteiger partial charge in [-0.15, -0.1) is 0 Å². The van der Waals surface area contributed by atoms with E-state index in [-0.39, 0.29) is 6.04 Å². The molecule has 0 saturated carbocycles. The third-order valence-corrected chi connectivity index (χ3v) is 4.10. The number of benzene rings is 2. The molecular formula is C17H20BrNO2. The molecule has 0 radical (unpaired) electrons. The molecule has 112 valence electrons. The monoisotopic (exact) mass is 349 g/mol. The quantitative estimate of drug-likeness (QED) is 0.881. The van der Waals surface area contributed by atoms with Crippen molar-refractivity contribution in [2.24, 2.45) is 0 Å². The third-order valence-electron chi connectivity index (χ3n) is 3.58. The maximum absolute atomic E-state index is 5.42. The summed E-state index contributed by atoms with van der Waals surface area (Å²) in [4.78, 5) is 0. The fraction of sp³-hybridized carbons (Fsp3) is 0.294. The highest BCUT2D eigenvalue weighted by Crippen LogP contribution is 2.35. The molecule has 0 saturated heterocycles. The highest BCUT2D eigenvalue weighted by molar-refractivity contribution is 9.10. The van der Waals surface area contributed by atoms with Crippen LogP contribution < -0.4 is 14.8 Å². The first-order valence-corrected chi connectivity index (χ1v) is 7.55. The maximum Gasteiger partial charge on any atom is 0.161 e. The van der Waals surface area contributed by atoms with Crippen LogP contribution in [0.4, 0.5) is 0 Å². The van der Waals surface area contributed by atoms with Gasteiger partial charge >= 0.3 is 0 Å². The average molecular weight is 350 g/mol.